The molecule has 0 spiro atoms. The van der Waals surface area contributed by atoms with Crippen LogP contribution in [0, 0.1) is 5.82 Å². The summed E-state index contributed by atoms with van der Waals surface area (Å²) in [7, 11) is 0. The molecule has 0 aliphatic carbocycles. The molecule has 0 radical (unpaired) electrons. The Labute approximate surface area is 127 Å². The van der Waals surface area contributed by atoms with Gasteiger partial charge in [-0.2, -0.15) is 0 Å². The van der Waals surface area contributed by atoms with E-state index < -0.39 is 0 Å². The second kappa shape index (κ2) is 7.09. The minimum Gasteiger partial charge on any atom is -0.462 e. The van der Waals surface area contributed by atoms with E-state index in [1.807, 2.05) is 0 Å². The summed E-state index contributed by atoms with van der Waals surface area (Å²) in [6.45, 7) is 2.36. The van der Waals surface area contributed by atoms with Crippen molar-refractivity contribution in [2.75, 3.05) is 11.9 Å². The fourth-order valence-electron chi connectivity index (χ4n) is 1.83. The third-order valence-corrected chi connectivity index (χ3v) is 3.28. The van der Waals surface area contributed by atoms with E-state index in [9.17, 15) is 9.18 Å². The van der Waals surface area contributed by atoms with E-state index >= 15 is 0 Å². The SMILES string of the molecule is CCOC(=O)c1ccc(NCc2c(F)cccc2Cl)cc1. The molecule has 110 valence electrons. The van der Waals surface area contributed by atoms with Crippen LogP contribution in [0.1, 0.15) is 22.8 Å². The molecule has 21 heavy (non-hydrogen) atoms. The monoisotopic (exact) mass is 307 g/mol. The number of hydrogen-bond donors (Lipinski definition) is 1. The second-order valence-electron chi connectivity index (χ2n) is 4.35. The predicted molar refractivity (Wildman–Crippen MR) is 81.1 cm³/mol. The van der Waals surface area contributed by atoms with Crippen molar-refractivity contribution in [3.05, 3.63) is 64.4 Å². The Morgan fingerprint density at radius 1 is 1.24 bits per heavy atom. The van der Waals surface area contributed by atoms with Crippen molar-refractivity contribution < 1.29 is 13.9 Å². The van der Waals surface area contributed by atoms with Crippen molar-refractivity contribution in [2.45, 2.75) is 13.5 Å². The van der Waals surface area contributed by atoms with Crippen molar-refractivity contribution in [1.82, 2.24) is 0 Å². The molecule has 0 amide bonds. The predicted octanol–water partition coefficient (Wildman–Crippen LogP) is 4.27. The molecule has 0 saturated carbocycles. The van der Waals surface area contributed by atoms with Crippen LogP contribution < -0.4 is 5.32 Å². The maximum atomic E-state index is 13.6. The molecule has 0 aliphatic rings. The number of carbonyl (C=O) groups excluding carboxylic acids is 1. The lowest BCUT2D eigenvalue weighted by molar-refractivity contribution is 0.0526. The van der Waals surface area contributed by atoms with Gasteiger partial charge in [-0.25, -0.2) is 9.18 Å². The molecule has 2 aromatic carbocycles. The zero-order valence-corrected chi connectivity index (χ0v) is 12.3. The molecule has 1 N–H and O–H groups in total. The minimum atomic E-state index is -0.360. The van der Waals surface area contributed by atoms with E-state index in [2.05, 4.69) is 5.32 Å². The zero-order valence-electron chi connectivity index (χ0n) is 11.5. The van der Waals surface area contributed by atoms with E-state index in [1.165, 1.54) is 6.07 Å². The summed E-state index contributed by atoms with van der Waals surface area (Å²) in [5, 5.41) is 3.44. The molecule has 2 aromatic rings. The fraction of sp³-hybridized carbons (Fsp3) is 0.188. The Kier molecular flexibility index (Phi) is 5.17. The molecular formula is C16H15ClFNO2. The van der Waals surface area contributed by atoms with Gasteiger partial charge in [0.1, 0.15) is 5.82 Å². The zero-order chi connectivity index (χ0) is 15.2. The van der Waals surface area contributed by atoms with Crippen LogP contribution in [-0.2, 0) is 11.3 Å². The summed E-state index contributed by atoms with van der Waals surface area (Å²) in [5.74, 6) is -0.709. The summed E-state index contributed by atoms with van der Waals surface area (Å²) in [4.78, 5) is 11.5. The molecule has 0 atom stereocenters. The van der Waals surface area contributed by atoms with Gasteiger partial charge in [0.15, 0.2) is 0 Å². The summed E-state index contributed by atoms with van der Waals surface area (Å²) < 4.78 is 18.5. The lowest BCUT2D eigenvalue weighted by Gasteiger charge is -2.09. The van der Waals surface area contributed by atoms with Gasteiger partial charge in [0.05, 0.1) is 12.2 Å². The molecule has 2 rings (SSSR count). The standard InChI is InChI=1S/C16H15ClFNO2/c1-2-21-16(20)11-6-8-12(9-7-11)19-10-13-14(17)4-3-5-15(13)18/h3-9,19H,2,10H2,1H3. The first kappa shape index (κ1) is 15.3. The van der Waals surface area contributed by atoms with E-state index in [0.717, 1.165) is 5.69 Å². The van der Waals surface area contributed by atoms with Crippen LogP contribution in [0.5, 0.6) is 0 Å². The molecule has 0 bridgehead atoms. The summed E-state index contributed by atoms with van der Waals surface area (Å²) in [6.07, 6.45) is 0. The number of hydrogen-bond acceptors (Lipinski definition) is 3. The lowest BCUT2D eigenvalue weighted by atomic mass is 10.2. The lowest BCUT2D eigenvalue weighted by Crippen LogP contribution is -2.05. The molecule has 0 heterocycles. The van der Waals surface area contributed by atoms with Gasteiger partial charge in [-0.05, 0) is 43.3 Å². The molecule has 3 nitrogen and oxygen atoms in total. The molecule has 0 unspecified atom stereocenters. The number of carbonyl (C=O) groups is 1. The van der Waals surface area contributed by atoms with Crippen LogP contribution >= 0.6 is 11.6 Å². The molecule has 0 fully saturated rings. The summed E-state index contributed by atoms with van der Waals surface area (Å²) in [6, 6.07) is 11.4. The average molecular weight is 308 g/mol. The quantitative estimate of drug-likeness (QED) is 0.838. The number of esters is 1. The maximum absolute atomic E-state index is 13.6. The van der Waals surface area contributed by atoms with Crippen LogP contribution in [0.3, 0.4) is 0 Å². The highest BCUT2D eigenvalue weighted by Crippen LogP contribution is 2.20. The van der Waals surface area contributed by atoms with Gasteiger partial charge in [-0.1, -0.05) is 17.7 Å². The van der Waals surface area contributed by atoms with Gasteiger partial charge in [-0.3, -0.25) is 0 Å². The molecule has 0 saturated heterocycles. The molecule has 0 aromatic heterocycles. The van der Waals surface area contributed by atoms with Crippen molar-refractivity contribution in [2.24, 2.45) is 0 Å². The van der Waals surface area contributed by atoms with E-state index in [0.29, 0.717) is 22.8 Å². The molecular weight excluding hydrogens is 293 g/mol. The van der Waals surface area contributed by atoms with E-state index in [-0.39, 0.29) is 18.3 Å². The first-order valence-electron chi connectivity index (χ1n) is 6.55. The normalized spacial score (nSPS) is 10.2. The highest BCUT2D eigenvalue weighted by molar-refractivity contribution is 6.31. The highest BCUT2D eigenvalue weighted by atomic mass is 35.5. The first-order valence-corrected chi connectivity index (χ1v) is 6.93. The fourth-order valence-corrected chi connectivity index (χ4v) is 2.06. The van der Waals surface area contributed by atoms with Crippen molar-refractivity contribution >= 4 is 23.3 Å². The number of halogens is 2. The topological polar surface area (TPSA) is 38.3 Å². The third-order valence-electron chi connectivity index (χ3n) is 2.93. The number of rotatable bonds is 5. The van der Waals surface area contributed by atoms with Gasteiger partial charge in [0.25, 0.3) is 0 Å². The van der Waals surface area contributed by atoms with E-state index in [4.69, 9.17) is 16.3 Å². The summed E-state index contributed by atoms with van der Waals surface area (Å²) >= 11 is 5.96. The Bertz CT molecular complexity index is 608. The van der Waals surface area contributed by atoms with Gasteiger partial charge in [0, 0.05) is 22.8 Å². The number of ether oxygens (including phenoxy) is 1. The van der Waals surface area contributed by atoms with Crippen LogP contribution in [0.4, 0.5) is 10.1 Å². The van der Waals surface area contributed by atoms with Crippen LogP contribution in [0.2, 0.25) is 5.02 Å². The van der Waals surface area contributed by atoms with Crippen LogP contribution in [0.15, 0.2) is 42.5 Å². The second-order valence-corrected chi connectivity index (χ2v) is 4.76. The van der Waals surface area contributed by atoms with Crippen LogP contribution in [-0.4, -0.2) is 12.6 Å². The Morgan fingerprint density at radius 3 is 2.57 bits per heavy atom. The maximum Gasteiger partial charge on any atom is 0.338 e. The van der Waals surface area contributed by atoms with Gasteiger partial charge < -0.3 is 10.1 Å². The Hall–Kier alpha value is -2.07. The van der Waals surface area contributed by atoms with Crippen molar-refractivity contribution in [1.29, 1.82) is 0 Å². The number of nitrogens with one attached hydrogen (secondary N) is 1. The first-order chi connectivity index (χ1) is 10.1. The van der Waals surface area contributed by atoms with Crippen molar-refractivity contribution in [3.8, 4) is 0 Å². The molecule has 0 aliphatic heterocycles. The third kappa shape index (κ3) is 3.95. The average Bonchev–Trinajstić information content (AvgIpc) is 2.47. The van der Waals surface area contributed by atoms with E-state index in [1.54, 1.807) is 43.3 Å². The Morgan fingerprint density at radius 2 is 1.95 bits per heavy atom. The molecule has 5 heteroatoms. The minimum absolute atomic E-state index is 0.268. The number of anilines is 1. The number of benzene rings is 2. The largest absolute Gasteiger partial charge is 0.462 e. The van der Waals surface area contributed by atoms with Crippen molar-refractivity contribution in [3.63, 3.8) is 0 Å². The van der Waals surface area contributed by atoms with Crippen LogP contribution in [0.25, 0.3) is 0 Å². The van der Waals surface area contributed by atoms with Gasteiger partial charge >= 0.3 is 5.97 Å². The summed E-state index contributed by atoms with van der Waals surface area (Å²) in [5.41, 5.74) is 1.65. The Balaban J connectivity index is 2.03. The highest BCUT2D eigenvalue weighted by Gasteiger charge is 2.08. The smallest absolute Gasteiger partial charge is 0.338 e. The van der Waals surface area contributed by atoms with Gasteiger partial charge in [-0.15, -0.1) is 0 Å². The van der Waals surface area contributed by atoms with Gasteiger partial charge in [0.2, 0.25) is 0 Å².